The van der Waals surface area contributed by atoms with Crippen LogP contribution in [0, 0.1) is 10.1 Å². The van der Waals surface area contributed by atoms with Crippen molar-refractivity contribution in [2.75, 3.05) is 31.8 Å². The van der Waals surface area contributed by atoms with Crippen LogP contribution in [0.4, 0.5) is 5.69 Å². The Kier molecular flexibility index (Phi) is 9.89. The van der Waals surface area contributed by atoms with Gasteiger partial charge in [0, 0.05) is 48.7 Å². The summed E-state index contributed by atoms with van der Waals surface area (Å²) in [7, 11) is 1.40. The molecule has 180 valence electrons. The molecule has 0 bridgehead atoms. The number of nitro groups is 1. The average molecular weight is 480 g/mol. The number of nitro benzene ring substituents is 1. The van der Waals surface area contributed by atoms with E-state index in [1.807, 2.05) is 0 Å². The lowest BCUT2D eigenvalue weighted by Gasteiger charge is -2.32. The van der Waals surface area contributed by atoms with Crippen molar-refractivity contribution in [3.63, 3.8) is 0 Å². The van der Waals surface area contributed by atoms with Crippen LogP contribution >= 0.6 is 11.8 Å². The summed E-state index contributed by atoms with van der Waals surface area (Å²) < 4.78 is 15.7. The van der Waals surface area contributed by atoms with E-state index in [1.165, 1.54) is 37.1 Å². The molecule has 2 atom stereocenters. The first kappa shape index (κ1) is 26.4. The molecule has 0 radical (unpaired) electrons. The van der Waals surface area contributed by atoms with Gasteiger partial charge in [-0.05, 0) is 26.3 Å². The van der Waals surface area contributed by atoms with Crippen molar-refractivity contribution in [2.45, 2.75) is 33.0 Å². The number of nitrogens with two attached hydrogens (primary N) is 1. The first-order valence-corrected chi connectivity index (χ1v) is 11.5. The van der Waals surface area contributed by atoms with Crippen LogP contribution < -0.4 is 11.1 Å². The van der Waals surface area contributed by atoms with Gasteiger partial charge >= 0.3 is 11.9 Å². The van der Waals surface area contributed by atoms with Gasteiger partial charge in [-0.2, -0.15) is 11.8 Å². The number of methoxy groups -OCH3 is 1. The Balaban J connectivity index is 2.70. The topological polar surface area (TPSA) is 143 Å². The molecular formula is C22H29N3O7S. The number of dihydropyridines is 1. The summed E-state index contributed by atoms with van der Waals surface area (Å²) >= 11 is 1.51. The van der Waals surface area contributed by atoms with Gasteiger partial charge in [-0.1, -0.05) is 12.1 Å². The highest BCUT2D eigenvalue weighted by Gasteiger charge is 2.39. The summed E-state index contributed by atoms with van der Waals surface area (Å²) in [5.74, 6) is -1.20. The highest BCUT2D eigenvalue weighted by molar-refractivity contribution is 7.99. The van der Waals surface area contributed by atoms with Gasteiger partial charge in [-0.3, -0.25) is 10.1 Å². The minimum absolute atomic E-state index is 0.121. The van der Waals surface area contributed by atoms with Crippen LogP contribution in [0.3, 0.4) is 0 Å². The Morgan fingerprint density at radius 3 is 2.64 bits per heavy atom. The smallest absolute Gasteiger partial charge is 0.339 e. The summed E-state index contributed by atoms with van der Waals surface area (Å²) in [4.78, 5) is 37.1. The Hall–Kier alpha value is -2.89. The second-order valence-corrected chi connectivity index (χ2v) is 8.22. The number of benzene rings is 1. The van der Waals surface area contributed by atoms with Gasteiger partial charge in [0.15, 0.2) is 6.29 Å². The van der Waals surface area contributed by atoms with Crippen molar-refractivity contribution in [1.82, 2.24) is 5.32 Å². The van der Waals surface area contributed by atoms with E-state index in [0.29, 0.717) is 35.0 Å². The standard InChI is InChI=1S/C22H29N3O7S/c1-5-31-21(26)20-17(12-33-10-9-23)24-13(2)18(22(27)32-14(3)30-4)19(20)15-7-6-8-16(11-15)25(28)29/h6-8,11,14,19,24H,5,9-10,12,23H2,1-4H3. The normalized spacial score (nSPS) is 16.8. The SMILES string of the molecule is CCOC(=O)C1=C(CSCCN)NC(C)=C(C(=O)OC(C)OC)C1c1cccc([N+](=O)[O-])c1. The maximum Gasteiger partial charge on any atom is 0.339 e. The molecule has 1 heterocycles. The fraction of sp³-hybridized carbons (Fsp3) is 0.455. The van der Waals surface area contributed by atoms with Crippen molar-refractivity contribution in [3.8, 4) is 0 Å². The van der Waals surface area contributed by atoms with Gasteiger partial charge in [0.1, 0.15) is 0 Å². The van der Waals surface area contributed by atoms with Crippen LogP contribution in [0.2, 0.25) is 0 Å². The first-order chi connectivity index (χ1) is 15.7. The number of nitrogens with one attached hydrogen (secondary N) is 1. The predicted octanol–water partition coefficient (Wildman–Crippen LogP) is 2.60. The second-order valence-electron chi connectivity index (χ2n) is 7.11. The number of carbonyl (C=O) groups is 2. The highest BCUT2D eigenvalue weighted by Crippen LogP contribution is 2.41. The molecule has 0 aliphatic carbocycles. The van der Waals surface area contributed by atoms with Crippen LogP contribution in [0.25, 0.3) is 0 Å². The summed E-state index contributed by atoms with van der Waals surface area (Å²) in [6.45, 7) is 5.51. The number of hydrogen-bond donors (Lipinski definition) is 2. The molecule has 1 aromatic carbocycles. The molecule has 0 spiro atoms. The van der Waals surface area contributed by atoms with E-state index in [-0.39, 0.29) is 23.4 Å². The van der Waals surface area contributed by atoms with Crippen LogP contribution in [0.15, 0.2) is 46.8 Å². The van der Waals surface area contributed by atoms with Crippen molar-refractivity contribution in [2.24, 2.45) is 5.73 Å². The Morgan fingerprint density at radius 1 is 1.30 bits per heavy atom. The van der Waals surface area contributed by atoms with E-state index in [9.17, 15) is 19.7 Å². The molecule has 10 nitrogen and oxygen atoms in total. The molecular weight excluding hydrogens is 450 g/mol. The number of esters is 2. The monoisotopic (exact) mass is 479 g/mol. The predicted molar refractivity (Wildman–Crippen MR) is 124 cm³/mol. The maximum absolute atomic E-state index is 13.1. The fourth-order valence-corrected chi connectivity index (χ4v) is 4.14. The second kappa shape index (κ2) is 12.4. The van der Waals surface area contributed by atoms with E-state index >= 15 is 0 Å². The lowest BCUT2D eigenvalue weighted by molar-refractivity contribution is -0.384. The van der Waals surface area contributed by atoms with E-state index in [4.69, 9.17) is 19.9 Å². The van der Waals surface area contributed by atoms with Crippen molar-refractivity contribution >= 4 is 29.4 Å². The molecule has 0 saturated heterocycles. The quantitative estimate of drug-likeness (QED) is 0.160. The number of allylic oxidation sites excluding steroid dienone is 1. The fourth-order valence-electron chi connectivity index (χ4n) is 3.40. The number of thioether (sulfide) groups is 1. The molecule has 0 amide bonds. The number of rotatable bonds is 11. The molecule has 11 heteroatoms. The molecule has 1 aliphatic heterocycles. The Labute approximate surface area is 196 Å². The molecule has 2 rings (SSSR count). The van der Waals surface area contributed by atoms with Crippen molar-refractivity contribution < 1.29 is 28.7 Å². The minimum atomic E-state index is -0.935. The van der Waals surface area contributed by atoms with Crippen LogP contribution in [0.1, 0.15) is 32.3 Å². The number of ether oxygens (including phenoxy) is 3. The molecule has 1 aliphatic rings. The molecule has 0 aromatic heterocycles. The molecule has 0 saturated carbocycles. The minimum Gasteiger partial charge on any atom is -0.463 e. The van der Waals surface area contributed by atoms with Gasteiger partial charge < -0.3 is 25.3 Å². The third kappa shape index (κ3) is 6.56. The number of carbonyl (C=O) groups excluding carboxylic acids is 2. The Bertz CT molecular complexity index is 961. The number of hydrogen-bond acceptors (Lipinski definition) is 10. The van der Waals surface area contributed by atoms with E-state index in [1.54, 1.807) is 26.8 Å². The van der Waals surface area contributed by atoms with E-state index in [0.717, 1.165) is 0 Å². The Morgan fingerprint density at radius 2 is 2.03 bits per heavy atom. The summed E-state index contributed by atoms with van der Waals surface area (Å²) in [5.41, 5.74) is 7.20. The first-order valence-electron chi connectivity index (χ1n) is 10.4. The van der Waals surface area contributed by atoms with Crippen molar-refractivity contribution in [1.29, 1.82) is 0 Å². The lowest BCUT2D eigenvalue weighted by Crippen LogP contribution is -2.35. The molecule has 3 N–H and O–H groups in total. The zero-order chi connectivity index (χ0) is 24.5. The lowest BCUT2D eigenvalue weighted by atomic mass is 9.80. The molecule has 33 heavy (non-hydrogen) atoms. The van der Waals surface area contributed by atoms with Gasteiger partial charge in [0.25, 0.3) is 5.69 Å². The van der Waals surface area contributed by atoms with Gasteiger partial charge in [-0.25, -0.2) is 9.59 Å². The van der Waals surface area contributed by atoms with Gasteiger partial charge in [0.05, 0.1) is 28.6 Å². The van der Waals surface area contributed by atoms with Crippen LogP contribution in [0.5, 0.6) is 0 Å². The molecule has 2 unspecified atom stereocenters. The highest BCUT2D eigenvalue weighted by atomic mass is 32.2. The zero-order valence-corrected chi connectivity index (χ0v) is 19.9. The molecule has 1 aromatic rings. The van der Waals surface area contributed by atoms with E-state index in [2.05, 4.69) is 5.32 Å². The average Bonchev–Trinajstić information content (AvgIpc) is 2.78. The molecule has 0 fully saturated rings. The van der Waals surface area contributed by atoms with Crippen LogP contribution in [-0.4, -0.2) is 54.9 Å². The maximum atomic E-state index is 13.1. The summed E-state index contributed by atoms with van der Waals surface area (Å²) in [6, 6.07) is 5.84. The van der Waals surface area contributed by atoms with E-state index < -0.39 is 29.1 Å². The van der Waals surface area contributed by atoms with Crippen molar-refractivity contribution in [3.05, 3.63) is 62.5 Å². The third-order valence-electron chi connectivity index (χ3n) is 4.89. The zero-order valence-electron chi connectivity index (χ0n) is 19.1. The third-order valence-corrected chi connectivity index (χ3v) is 5.91. The number of nitrogens with zero attached hydrogens (tertiary/aromatic N) is 1. The summed E-state index contributed by atoms with van der Waals surface area (Å²) in [5, 5.41) is 14.6. The van der Waals surface area contributed by atoms with Gasteiger partial charge in [-0.15, -0.1) is 0 Å². The van der Waals surface area contributed by atoms with Gasteiger partial charge in [0.2, 0.25) is 0 Å². The van der Waals surface area contributed by atoms with Crippen LogP contribution in [-0.2, 0) is 23.8 Å². The number of non-ortho nitro benzene ring substituents is 1. The largest absolute Gasteiger partial charge is 0.463 e. The summed E-state index contributed by atoms with van der Waals surface area (Å²) in [6.07, 6.45) is -0.833.